The molecule has 2 atom stereocenters. The predicted octanol–water partition coefficient (Wildman–Crippen LogP) is 5.66. The number of esters is 2. The van der Waals surface area contributed by atoms with Crippen LogP contribution in [0.1, 0.15) is 100 Å². The number of likely N-dealkylation sites (N-methyl/N-ethyl adjacent to an activating group) is 2. The first-order chi connectivity index (χ1) is 21.0. The average molecular weight is 609 g/mol. The van der Waals surface area contributed by atoms with Crippen molar-refractivity contribution in [2.75, 3.05) is 41.3 Å². The first kappa shape index (κ1) is 34.1. The number of nitrogens with zero attached hydrogens (tertiary/aromatic N) is 2. The Morgan fingerprint density at radius 3 is 1.23 bits per heavy atom. The van der Waals surface area contributed by atoms with Gasteiger partial charge in [-0.2, -0.15) is 0 Å². The van der Waals surface area contributed by atoms with E-state index in [0.29, 0.717) is 11.5 Å². The van der Waals surface area contributed by atoms with Gasteiger partial charge in [0.25, 0.3) is 0 Å². The van der Waals surface area contributed by atoms with E-state index in [4.69, 9.17) is 9.47 Å². The Bertz CT molecular complexity index is 1100. The largest absolute Gasteiger partial charge is 0.427 e. The van der Waals surface area contributed by atoms with Crippen molar-refractivity contribution >= 4 is 11.9 Å². The molecule has 0 radical (unpaired) electrons. The molecule has 0 amide bonds. The quantitative estimate of drug-likeness (QED) is 0.222. The maximum Gasteiger partial charge on any atom is 0.311 e. The smallest absolute Gasteiger partial charge is 0.311 e. The van der Waals surface area contributed by atoms with E-state index in [0.717, 1.165) is 88.4 Å². The minimum absolute atomic E-state index is 0.0257. The van der Waals surface area contributed by atoms with E-state index in [2.05, 4.69) is 9.80 Å². The molecule has 8 nitrogen and oxygen atoms in total. The second-order valence-corrected chi connectivity index (χ2v) is 13.5. The monoisotopic (exact) mass is 608 g/mol. The van der Waals surface area contributed by atoms with E-state index < -0.39 is 23.1 Å². The Balaban J connectivity index is 1.28. The van der Waals surface area contributed by atoms with E-state index in [1.807, 2.05) is 52.5 Å². The molecule has 242 valence electrons. The number of carbonyl (C=O) groups is 2. The summed E-state index contributed by atoms with van der Waals surface area (Å²) in [6, 6.07) is 14.7. The molecule has 4 rings (SSSR count). The van der Waals surface area contributed by atoms with Gasteiger partial charge in [-0.1, -0.05) is 62.8 Å². The Hall–Kier alpha value is -2.78. The van der Waals surface area contributed by atoms with Gasteiger partial charge in [-0.3, -0.25) is 9.59 Å². The van der Waals surface area contributed by atoms with Crippen molar-refractivity contribution < 1.29 is 29.3 Å². The van der Waals surface area contributed by atoms with E-state index >= 15 is 0 Å². The zero-order chi connectivity index (χ0) is 31.7. The van der Waals surface area contributed by atoms with Crippen molar-refractivity contribution in [2.24, 2.45) is 0 Å². The molecule has 2 aromatic carbocycles. The zero-order valence-corrected chi connectivity index (χ0v) is 27.1. The molecular weight excluding hydrogens is 556 g/mol. The maximum absolute atomic E-state index is 12.5. The summed E-state index contributed by atoms with van der Waals surface area (Å²) in [6.07, 6.45) is 9.44. The zero-order valence-electron chi connectivity index (χ0n) is 27.1. The highest BCUT2D eigenvalue weighted by Crippen LogP contribution is 2.42. The van der Waals surface area contributed by atoms with Gasteiger partial charge < -0.3 is 29.5 Å². The van der Waals surface area contributed by atoms with Gasteiger partial charge in [0.15, 0.2) is 0 Å². The summed E-state index contributed by atoms with van der Waals surface area (Å²) in [4.78, 5) is 29.2. The minimum Gasteiger partial charge on any atom is -0.427 e. The average Bonchev–Trinajstić information content (AvgIpc) is 2.99. The molecule has 2 N–H and O–H groups in total. The lowest BCUT2D eigenvalue weighted by Crippen LogP contribution is -2.42. The Labute approximate surface area is 263 Å². The standard InChI is InChI=1S/C36H52N2O6/c1-37(2)25-31(35(41)21-7-5-8-22-35)27-11-15-29(16-12-27)43-33(39)19-20-34(40)44-30-17-13-28(14-18-30)32(26-38(3)4)36(42)23-9-6-10-24-36/h11-18,31-32,41-42H,5-10,19-26H2,1-4H3. The highest BCUT2D eigenvalue weighted by atomic mass is 16.5. The van der Waals surface area contributed by atoms with Crippen molar-refractivity contribution in [1.29, 1.82) is 0 Å². The van der Waals surface area contributed by atoms with Crippen molar-refractivity contribution in [2.45, 2.75) is 100 Å². The van der Waals surface area contributed by atoms with Crippen LogP contribution in [0.2, 0.25) is 0 Å². The van der Waals surface area contributed by atoms with Crippen LogP contribution >= 0.6 is 0 Å². The van der Waals surface area contributed by atoms with E-state index in [-0.39, 0.29) is 24.7 Å². The summed E-state index contributed by atoms with van der Waals surface area (Å²) in [5, 5.41) is 22.9. The summed E-state index contributed by atoms with van der Waals surface area (Å²) >= 11 is 0. The molecule has 2 aliphatic carbocycles. The molecule has 0 heterocycles. The molecule has 2 aliphatic rings. The lowest BCUT2D eigenvalue weighted by Gasteiger charge is -2.40. The number of hydrogen-bond donors (Lipinski definition) is 2. The van der Waals surface area contributed by atoms with Crippen LogP contribution in [0, 0.1) is 0 Å². The highest BCUT2D eigenvalue weighted by molar-refractivity contribution is 5.80. The second-order valence-electron chi connectivity index (χ2n) is 13.5. The van der Waals surface area contributed by atoms with Gasteiger partial charge in [-0.25, -0.2) is 0 Å². The fourth-order valence-electron chi connectivity index (χ4n) is 7.03. The minimum atomic E-state index is -0.730. The van der Waals surface area contributed by atoms with Gasteiger partial charge in [0.05, 0.1) is 24.0 Å². The predicted molar refractivity (Wildman–Crippen MR) is 172 cm³/mol. The summed E-state index contributed by atoms with van der Waals surface area (Å²) in [5.41, 5.74) is 0.592. The van der Waals surface area contributed by atoms with Crippen LogP contribution in [0.5, 0.6) is 11.5 Å². The van der Waals surface area contributed by atoms with Crippen LogP contribution in [0.3, 0.4) is 0 Å². The topological polar surface area (TPSA) is 99.5 Å². The highest BCUT2D eigenvalue weighted by Gasteiger charge is 2.40. The summed E-state index contributed by atoms with van der Waals surface area (Å²) in [5.74, 6) is -0.242. The van der Waals surface area contributed by atoms with Crippen LogP contribution in [0.25, 0.3) is 0 Å². The number of rotatable bonds is 13. The molecule has 44 heavy (non-hydrogen) atoms. The van der Waals surface area contributed by atoms with Crippen molar-refractivity contribution in [3.8, 4) is 11.5 Å². The Morgan fingerprint density at radius 1 is 0.614 bits per heavy atom. The SMILES string of the molecule is CN(C)CC(c1ccc(OC(=O)CCC(=O)Oc2ccc(C(CN(C)C)C3(O)CCCCC3)cc2)cc1)C1(O)CCCCC1. The van der Waals surface area contributed by atoms with Crippen molar-refractivity contribution in [3.63, 3.8) is 0 Å². The lowest BCUT2D eigenvalue weighted by molar-refractivity contribution is -0.140. The van der Waals surface area contributed by atoms with Gasteiger partial charge in [0, 0.05) is 24.9 Å². The van der Waals surface area contributed by atoms with Crippen molar-refractivity contribution in [1.82, 2.24) is 9.80 Å². The molecule has 0 aromatic heterocycles. The fraction of sp³-hybridized carbons (Fsp3) is 0.611. The maximum atomic E-state index is 12.5. The molecular formula is C36H52N2O6. The molecule has 2 fully saturated rings. The van der Waals surface area contributed by atoms with E-state index in [1.54, 1.807) is 24.3 Å². The number of ether oxygens (including phenoxy) is 2. The Kier molecular flexibility index (Phi) is 12.0. The van der Waals surface area contributed by atoms with Crippen LogP contribution < -0.4 is 9.47 Å². The molecule has 8 heteroatoms. The van der Waals surface area contributed by atoms with E-state index in [9.17, 15) is 19.8 Å². The van der Waals surface area contributed by atoms with Crippen LogP contribution in [-0.2, 0) is 9.59 Å². The number of aliphatic hydroxyl groups is 2. The Morgan fingerprint density at radius 2 is 0.932 bits per heavy atom. The first-order valence-corrected chi connectivity index (χ1v) is 16.3. The number of hydrogen-bond acceptors (Lipinski definition) is 8. The molecule has 0 bridgehead atoms. The van der Waals surface area contributed by atoms with Crippen molar-refractivity contribution in [3.05, 3.63) is 59.7 Å². The molecule has 2 unspecified atom stereocenters. The third kappa shape index (κ3) is 9.36. The van der Waals surface area contributed by atoms with Crippen LogP contribution in [0.4, 0.5) is 0 Å². The fourth-order valence-corrected chi connectivity index (χ4v) is 7.03. The first-order valence-electron chi connectivity index (χ1n) is 16.3. The molecule has 0 saturated heterocycles. The summed E-state index contributed by atoms with van der Waals surface area (Å²) in [6.45, 7) is 1.47. The molecule has 0 spiro atoms. The van der Waals surface area contributed by atoms with E-state index in [1.165, 1.54) is 0 Å². The third-order valence-corrected chi connectivity index (χ3v) is 9.39. The molecule has 2 aromatic rings. The third-order valence-electron chi connectivity index (χ3n) is 9.39. The van der Waals surface area contributed by atoms with Gasteiger partial charge >= 0.3 is 11.9 Å². The normalized spacial score (nSPS) is 19.4. The number of carbonyl (C=O) groups excluding carboxylic acids is 2. The van der Waals surface area contributed by atoms with Gasteiger partial charge in [-0.05, 0) is 89.3 Å². The molecule has 0 aliphatic heterocycles. The van der Waals surface area contributed by atoms with Crippen LogP contribution in [0.15, 0.2) is 48.5 Å². The van der Waals surface area contributed by atoms with Gasteiger partial charge in [0.1, 0.15) is 11.5 Å². The second kappa shape index (κ2) is 15.5. The summed E-state index contributed by atoms with van der Waals surface area (Å²) in [7, 11) is 8.06. The van der Waals surface area contributed by atoms with Gasteiger partial charge in [-0.15, -0.1) is 0 Å². The number of benzene rings is 2. The summed E-state index contributed by atoms with van der Waals surface area (Å²) < 4.78 is 11.0. The van der Waals surface area contributed by atoms with Crippen LogP contribution in [-0.4, -0.2) is 84.4 Å². The van der Waals surface area contributed by atoms with Gasteiger partial charge in [0.2, 0.25) is 0 Å². The lowest BCUT2D eigenvalue weighted by atomic mass is 9.72. The molecule has 2 saturated carbocycles.